The van der Waals surface area contributed by atoms with Crippen LogP contribution in [-0.4, -0.2) is 26.3 Å². The Morgan fingerprint density at radius 3 is 2.43 bits per heavy atom. The van der Waals surface area contributed by atoms with Gasteiger partial charge in [0.05, 0.1) is 6.61 Å². The maximum absolute atomic E-state index is 5.13. The van der Waals surface area contributed by atoms with E-state index in [0.29, 0.717) is 6.04 Å². The monoisotopic (exact) mass is 201 g/mol. The van der Waals surface area contributed by atoms with Crippen LogP contribution in [0.5, 0.6) is 0 Å². The van der Waals surface area contributed by atoms with Gasteiger partial charge in [-0.1, -0.05) is 33.6 Å². The third-order valence-corrected chi connectivity index (χ3v) is 2.50. The summed E-state index contributed by atoms with van der Waals surface area (Å²) in [5, 5.41) is 3.52. The van der Waals surface area contributed by atoms with Crippen LogP contribution in [0.2, 0.25) is 0 Å². The molecule has 0 aromatic carbocycles. The van der Waals surface area contributed by atoms with Crippen molar-refractivity contribution in [2.45, 2.75) is 52.5 Å². The van der Waals surface area contributed by atoms with Gasteiger partial charge in [-0.15, -0.1) is 0 Å². The first-order valence-corrected chi connectivity index (χ1v) is 5.93. The molecule has 2 heteroatoms. The van der Waals surface area contributed by atoms with Crippen LogP contribution >= 0.6 is 0 Å². The average molecular weight is 201 g/mol. The summed E-state index contributed by atoms with van der Waals surface area (Å²) in [4.78, 5) is 0. The molecule has 0 bridgehead atoms. The van der Waals surface area contributed by atoms with Gasteiger partial charge in [0.25, 0.3) is 0 Å². The molecule has 0 amide bonds. The van der Waals surface area contributed by atoms with Crippen LogP contribution in [0.15, 0.2) is 0 Å². The number of ether oxygens (including phenoxy) is 1. The summed E-state index contributed by atoms with van der Waals surface area (Å²) in [5.41, 5.74) is 0. The van der Waals surface area contributed by atoms with Crippen molar-refractivity contribution in [1.82, 2.24) is 5.32 Å². The highest BCUT2D eigenvalue weighted by Gasteiger charge is 2.03. The van der Waals surface area contributed by atoms with E-state index in [1.165, 1.54) is 19.3 Å². The zero-order valence-corrected chi connectivity index (χ0v) is 10.3. The Hall–Kier alpha value is -0.0800. The van der Waals surface area contributed by atoms with Crippen LogP contribution in [0.3, 0.4) is 0 Å². The van der Waals surface area contributed by atoms with E-state index >= 15 is 0 Å². The molecule has 1 unspecified atom stereocenters. The molecule has 0 rings (SSSR count). The van der Waals surface area contributed by atoms with E-state index in [0.717, 1.165) is 25.5 Å². The predicted octanol–water partition coefficient (Wildman–Crippen LogP) is 2.83. The topological polar surface area (TPSA) is 21.3 Å². The Morgan fingerprint density at radius 1 is 1.21 bits per heavy atom. The second-order valence-electron chi connectivity index (χ2n) is 4.40. The lowest BCUT2D eigenvalue weighted by Crippen LogP contribution is -2.33. The van der Waals surface area contributed by atoms with Gasteiger partial charge >= 0.3 is 0 Å². The molecule has 0 aliphatic rings. The number of unbranched alkanes of at least 4 members (excludes halogenated alkanes) is 1. The highest BCUT2D eigenvalue weighted by Crippen LogP contribution is 2.05. The third-order valence-electron chi connectivity index (χ3n) is 2.50. The van der Waals surface area contributed by atoms with E-state index in [1.54, 1.807) is 7.11 Å². The fourth-order valence-electron chi connectivity index (χ4n) is 1.51. The molecule has 0 spiro atoms. The maximum Gasteiger partial charge on any atom is 0.0615 e. The second-order valence-corrected chi connectivity index (χ2v) is 4.40. The van der Waals surface area contributed by atoms with Crippen LogP contribution in [0.25, 0.3) is 0 Å². The minimum Gasteiger partial charge on any atom is -0.383 e. The first kappa shape index (κ1) is 13.9. The second kappa shape index (κ2) is 9.47. The first-order chi connectivity index (χ1) is 6.70. The standard InChI is InChI=1S/C12H27NO/c1-5-12(10-14-4)13-9-7-6-8-11(2)3/h11-13H,5-10H2,1-4H3. The summed E-state index contributed by atoms with van der Waals surface area (Å²) in [7, 11) is 1.77. The Kier molecular flexibility index (Phi) is 9.42. The fraction of sp³-hybridized carbons (Fsp3) is 1.00. The number of hydrogen-bond acceptors (Lipinski definition) is 2. The SMILES string of the molecule is CCC(COC)NCCCCC(C)C. The van der Waals surface area contributed by atoms with Crippen LogP contribution < -0.4 is 5.32 Å². The molecule has 0 heterocycles. The van der Waals surface area contributed by atoms with Crippen molar-refractivity contribution in [3.8, 4) is 0 Å². The Bertz CT molecular complexity index is 115. The van der Waals surface area contributed by atoms with Crippen molar-refractivity contribution >= 4 is 0 Å². The van der Waals surface area contributed by atoms with Gasteiger partial charge in [0.15, 0.2) is 0 Å². The Morgan fingerprint density at radius 2 is 1.93 bits per heavy atom. The van der Waals surface area contributed by atoms with Gasteiger partial charge in [-0.05, 0) is 25.3 Å². The van der Waals surface area contributed by atoms with E-state index in [1.807, 2.05) is 0 Å². The zero-order chi connectivity index (χ0) is 10.8. The van der Waals surface area contributed by atoms with Gasteiger partial charge in [-0.2, -0.15) is 0 Å². The summed E-state index contributed by atoms with van der Waals surface area (Å²) in [6.45, 7) is 8.74. The fourth-order valence-corrected chi connectivity index (χ4v) is 1.51. The molecule has 0 aliphatic heterocycles. The molecule has 0 saturated carbocycles. The molecule has 0 fully saturated rings. The molecule has 0 radical (unpaired) electrons. The Balaban J connectivity index is 3.24. The maximum atomic E-state index is 5.13. The number of rotatable bonds is 9. The summed E-state index contributed by atoms with van der Waals surface area (Å²) < 4.78 is 5.13. The molecule has 1 N–H and O–H groups in total. The van der Waals surface area contributed by atoms with Gasteiger partial charge in [0.1, 0.15) is 0 Å². The van der Waals surface area contributed by atoms with Crippen molar-refractivity contribution in [1.29, 1.82) is 0 Å². The van der Waals surface area contributed by atoms with E-state index < -0.39 is 0 Å². The molecule has 86 valence electrons. The molecular formula is C12H27NO. The van der Waals surface area contributed by atoms with E-state index in [4.69, 9.17) is 4.74 Å². The molecule has 2 nitrogen and oxygen atoms in total. The molecule has 0 aromatic heterocycles. The van der Waals surface area contributed by atoms with E-state index in [9.17, 15) is 0 Å². The minimum atomic E-state index is 0.541. The summed E-state index contributed by atoms with van der Waals surface area (Å²) in [5.74, 6) is 0.843. The van der Waals surface area contributed by atoms with Crippen LogP contribution in [-0.2, 0) is 4.74 Å². The van der Waals surface area contributed by atoms with Crippen molar-refractivity contribution in [2.24, 2.45) is 5.92 Å². The van der Waals surface area contributed by atoms with Crippen molar-refractivity contribution in [3.63, 3.8) is 0 Å². The lowest BCUT2D eigenvalue weighted by atomic mass is 10.1. The summed E-state index contributed by atoms with van der Waals surface area (Å²) >= 11 is 0. The summed E-state index contributed by atoms with van der Waals surface area (Å²) in [6, 6.07) is 0.541. The third kappa shape index (κ3) is 8.52. The first-order valence-electron chi connectivity index (χ1n) is 5.93. The predicted molar refractivity (Wildman–Crippen MR) is 62.6 cm³/mol. The Labute approximate surface area is 89.4 Å². The van der Waals surface area contributed by atoms with Crippen LogP contribution in [0.4, 0.5) is 0 Å². The highest BCUT2D eigenvalue weighted by molar-refractivity contribution is 4.63. The normalized spacial score (nSPS) is 13.5. The largest absolute Gasteiger partial charge is 0.383 e. The van der Waals surface area contributed by atoms with Gasteiger partial charge < -0.3 is 10.1 Å². The number of nitrogens with one attached hydrogen (secondary N) is 1. The smallest absolute Gasteiger partial charge is 0.0615 e. The molecule has 14 heavy (non-hydrogen) atoms. The van der Waals surface area contributed by atoms with Gasteiger partial charge in [0.2, 0.25) is 0 Å². The lowest BCUT2D eigenvalue weighted by molar-refractivity contribution is 0.164. The van der Waals surface area contributed by atoms with Crippen molar-refractivity contribution in [2.75, 3.05) is 20.3 Å². The van der Waals surface area contributed by atoms with E-state index in [2.05, 4.69) is 26.1 Å². The van der Waals surface area contributed by atoms with Gasteiger partial charge in [-0.25, -0.2) is 0 Å². The van der Waals surface area contributed by atoms with Gasteiger partial charge in [0, 0.05) is 13.2 Å². The molecule has 1 atom stereocenters. The highest BCUT2D eigenvalue weighted by atomic mass is 16.5. The lowest BCUT2D eigenvalue weighted by Gasteiger charge is -2.15. The quantitative estimate of drug-likeness (QED) is 0.579. The number of hydrogen-bond donors (Lipinski definition) is 1. The molecule has 0 aromatic rings. The van der Waals surface area contributed by atoms with E-state index in [-0.39, 0.29) is 0 Å². The molecule has 0 saturated heterocycles. The summed E-state index contributed by atoms with van der Waals surface area (Å²) in [6.07, 6.45) is 5.13. The van der Waals surface area contributed by atoms with Crippen molar-refractivity contribution < 1.29 is 4.74 Å². The number of methoxy groups -OCH3 is 1. The molecular weight excluding hydrogens is 174 g/mol. The molecule has 0 aliphatic carbocycles. The zero-order valence-electron chi connectivity index (χ0n) is 10.3. The van der Waals surface area contributed by atoms with Crippen LogP contribution in [0, 0.1) is 5.92 Å². The average Bonchev–Trinajstić information content (AvgIpc) is 2.15. The minimum absolute atomic E-state index is 0.541. The van der Waals surface area contributed by atoms with Crippen LogP contribution in [0.1, 0.15) is 46.5 Å². The van der Waals surface area contributed by atoms with Gasteiger partial charge in [-0.3, -0.25) is 0 Å². The van der Waals surface area contributed by atoms with Crippen molar-refractivity contribution in [3.05, 3.63) is 0 Å².